The van der Waals surface area contributed by atoms with Crippen molar-refractivity contribution < 1.29 is 13.2 Å². The number of amides is 1. The molecule has 1 amide bonds. The second-order valence-corrected chi connectivity index (χ2v) is 9.22. The van der Waals surface area contributed by atoms with Gasteiger partial charge in [-0.15, -0.1) is 0 Å². The lowest BCUT2D eigenvalue weighted by molar-refractivity contribution is 0.102. The van der Waals surface area contributed by atoms with Crippen molar-refractivity contribution in [1.82, 2.24) is 0 Å². The molecular formula is C22H21BrN2O3S. The van der Waals surface area contributed by atoms with Crippen LogP contribution in [0.5, 0.6) is 0 Å². The van der Waals surface area contributed by atoms with Gasteiger partial charge in [-0.3, -0.25) is 9.10 Å². The normalized spacial score (nSPS) is 11.1. The van der Waals surface area contributed by atoms with E-state index in [4.69, 9.17) is 0 Å². The minimum Gasteiger partial charge on any atom is -0.322 e. The Balaban J connectivity index is 1.82. The highest BCUT2D eigenvalue weighted by Crippen LogP contribution is 2.24. The van der Waals surface area contributed by atoms with Crippen molar-refractivity contribution in [2.24, 2.45) is 0 Å². The van der Waals surface area contributed by atoms with Crippen LogP contribution in [0.4, 0.5) is 11.4 Å². The smallest absolute Gasteiger partial charge is 0.264 e. The van der Waals surface area contributed by atoms with E-state index in [1.807, 2.05) is 31.2 Å². The topological polar surface area (TPSA) is 66.5 Å². The van der Waals surface area contributed by atoms with Crippen molar-refractivity contribution in [1.29, 1.82) is 0 Å². The summed E-state index contributed by atoms with van der Waals surface area (Å²) in [4.78, 5) is 12.7. The number of nitrogens with zero attached hydrogens (tertiary/aromatic N) is 1. The largest absolute Gasteiger partial charge is 0.322 e. The Morgan fingerprint density at radius 3 is 2.24 bits per heavy atom. The molecule has 0 bridgehead atoms. The van der Waals surface area contributed by atoms with Gasteiger partial charge in [0.2, 0.25) is 0 Å². The summed E-state index contributed by atoms with van der Waals surface area (Å²) in [6.45, 7) is 3.99. The highest BCUT2D eigenvalue weighted by atomic mass is 79.9. The van der Waals surface area contributed by atoms with Crippen LogP contribution in [0.1, 0.15) is 22.8 Å². The van der Waals surface area contributed by atoms with E-state index < -0.39 is 10.0 Å². The highest BCUT2D eigenvalue weighted by Gasteiger charge is 2.23. The fourth-order valence-electron chi connectivity index (χ4n) is 2.95. The Morgan fingerprint density at radius 1 is 1.00 bits per heavy atom. The maximum atomic E-state index is 13.0. The summed E-state index contributed by atoms with van der Waals surface area (Å²) in [5, 5.41) is 2.85. The lowest BCUT2D eigenvalue weighted by atomic mass is 10.1. The fraction of sp³-hybridized carbons (Fsp3) is 0.136. The van der Waals surface area contributed by atoms with Crippen LogP contribution < -0.4 is 9.62 Å². The molecule has 0 aliphatic heterocycles. The van der Waals surface area contributed by atoms with Crippen LogP contribution in [0, 0.1) is 6.92 Å². The Labute approximate surface area is 179 Å². The van der Waals surface area contributed by atoms with Gasteiger partial charge in [0.05, 0.1) is 10.6 Å². The number of carbonyl (C=O) groups is 1. The standard InChI is InChI=1S/C22H21BrN2O3S/c1-3-25(19-7-5-4-6-8-19)29(27,28)20-12-9-17(10-13-20)22(26)24-21-14-11-18(23)15-16(21)2/h4-15H,3H2,1-2H3,(H,24,26). The zero-order valence-electron chi connectivity index (χ0n) is 16.1. The van der Waals surface area contributed by atoms with Gasteiger partial charge < -0.3 is 5.32 Å². The van der Waals surface area contributed by atoms with Gasteiger partial charge in [-0.2, -0.15) is 0 Å². The Bertz CT molecular complexity index is 1110. The van der Waals surface area contributed by atoms with E-state index in [-0.39, 0.29) is 10.8 Å². The molecule has 7 heteroatoms. The number of anilines is 2. The molecule has 0 aliphatic carbocycles. The van der Waals surface area contributed by atoms with Gasteiger partial charge in [-0.25, -0.2) is 8.42 Å². The van der Waals surface area contributed by atoms with E-state index in [2.05, 4.69) is 21.2 Å². The number of sulfonamides is 1. The van der Waals surface area contributed by atoms with Crippen molar-refractivity contribution in [3.05, 3.63) is 88.4 Å². The van der Waals surface area contributed by atoms with E-state index in [0.29, 0.717) is 23.5 Å². The lowest BCUT2D eigenvalue weighted by Gasteiger charge is -2.23. The SMILES string of the molecule is CCN(c1ccccc1)S(=O)(=O)c1ccc(C(=O)Nc2ccc(Br)cc2C)cc1. The molecule has 0 spiro atoms. The van der Waals surface area contributed by atoms with Gasteiger partial charge in [-0.05, 0) is 74.0 Å². The highest BCUT2D eigenvalue weighted by molar-refractivity contribution is 9.10. The van der Waals surface area contributed by atoms with Gasteiger partial charge in [0.25, 0.3) is 15.9 Å². The number of halogens is 1. The van der Waals surface area contributed by atoms with Crippen LogP contribution in [-0.4, -0.2) is 20.9 Å². The van der Waals surface area contributed by atoms with Crippen LogP contribution in [0.25, 0.3) is 0 Å². The molecule has 0 aliphatic rings. The van der Waals surface area contributed by atoms with E-state index >= 15 is 0 Å². The molecule has 29 heavy (non-hydrogen) atoms. The predicted molar refractivity (Wildman–Crippen MR) is 120 cm³/mol. The quantitative estimate of drug-likeness (QED) is 0.534. The first-order chi connectivity index (χ1) is 13.8. The summed E-state index contributed by atoms with van der Waals surface area (Å²) >= 11 is 3.39. The van der Waals surface area contributed by atoms with Crippen LogP contribution in [-0.2, 0) is 10.0 Å². The molecule has 0 saturated carbocycles. The molecule has 1 N–H and O–H groups in total. The summed E-state index contributed by atoms with van der Waals surface area (Å²) in [7, 11) is -3.72. The summed E-state index contributed by atoms with van der Waals surface area (Å²) < 4.78 is 28.3. The molecule has 3 aromatic carbocycles. The third-order valence-electron chi connectivity index (χ3n) is 4.47. The van der Waals surface area contributed by atoms with Crippen LogP contribution in [0.15, 0.2) is 82.2 Å². The maximum absolute atomic E-state index is 13.0. The first kappa shape index (κ1) is 21.1. The van der Waals surface area contributed by atoms with E-state index in [1.165, 1.54) is 28.6 Å². The maximum Gasteiger partial charge on any atom is 0.264 e. The summed E-state index contributed by atoms with van der Waals surface area (Å²) in [6.07, 6.45) is 0. The van der Waals surface area contributed by atoms with Gasteiger partial charge in [0.15, 0.2) is 0 Å². The van der Waals surface area contributed by atoms with Gasteiger partial charge in [-0.1, -0.05) is 34.1 Å². The van der Waals surface area contributed by atoms with E-state index in [9.17, 15) is 13.2 Å². The summed E-state index contributed by atoms with van der Waals surface area (Å²) in [6, 6.07) is 20.5. The molecule has 5 nitrogen and oxygen atoms in total. The summed E-state index contributed by atoms with van der Waals surface area (Å²) in [5.74, 6) is -0.297. The molecule has 0 aromatic heterocycles. The van der Waals surface area contributed by atoms with E-state index in [1.54, 1.807) is 31.2 Å². The minimum atomic E-state index is -3.72. The van der Waals surface area contributed by atoms with Gasteiger partial charge >= 0.3 is 0 Å². The van der Waals surface area contributed by atoms with Crippen molar-refractivity contribution in [3.8, 4) is 0 Å². The van der Waals surface area contributed by atoms with Crippen molar-refractivity contribution in [2.45, 2.75) is 18.7 Å². The Hall–Kier alpha value is -2.64. The molecule has 0 atom stereocenters. The first-order valence-corrected chi connectivity index (χ1v) is 11.3. The van der Waals surface area contributed by atoms with Crippen LogP contribution in [0.3, 0.4) is 0 Å². The minimum absolute atomic E-state index is 0.138. The number of carbonyl (C=O) groups excluding carboxylic acids is 1. The number of hydrogen-bond acceptors (Lipinski definition) is 3. The molecular weight excluding hydrogens is 452 g/mol. The summed E-state index contributed by atoms with van der Waals surface area (Å²) in [5.41, 5.74) is 2.61. The van der Waals surface area contributed by atoms with Gasteiger partial charge in [0.1, 0.15) is 0 Å². The van der Waals surface area contributed by atoms with Crippen LogP contribution >= 0.6 is 15.9 Å². The molecule has 0 saturated heterocycles. The number of hydrogen-bond donors (Lipinski definition) is 1. The average molecular weight is 473 g/mol. The number of rotatable bonds is 6. The molecule has 0 radical (unpaired) electrons. The van der Waals surface area contributed by atoms with Crippen molar-refractivity contribution in [3.63, 3.8) is 0 Å². The predicted octanol–water partition coefficient (Wildman–Crippen LogP) is 5.23. The monoisotopic (exact) mass is 472 g/mol. The zero-order valence-corrected chi connectivity index (χ0v) is 18.5. The second kappa shape index (κ2) is 8.80. The number of nitrogens with one attached hydrogen (secondary N) is 1. The Kier molecular flexibility index (Phi) is 6.39. The Morgan fingerprint density at radius 2 is 1.66 bits per heavy atom. The molecule has 0 fully saturated rings. The molecule has 3 rings (SSSR count). The zero-order chi connectivity index (χ0) is 21.0. The average Bonchev–Trinajstić information content (AvgIpc) is 2.71. The van der Waals surface area contributed by atoms with E-state index in [0.717, 1.165) is 10.0 Å². The van der Waals surface area contributed by atoms with Crippen molar-refractivity contribution in [2.75, 3.05) is 16.2 Å². The fourth-order valence-corrected chi connectivity index (χ4v) is 4.90. The van der Waals surface area contributed by atoms with Crippen molar-refractivity contribution >= 4 is 43.2 Å². The first-order valence-electron chi connectivity index (χ1n) is 9.08. The molecule has 3 aromatic rings. The molecule has 0 unspecified atom stereocenters. The third-order valence-corrected chi connectivity index (χ3v) is 6.88. The lowest BCUT2D eigenvalue weighted by Crippen LogP contribution is -2.30. The molecule has 0 heterocycles. The van der Waals surface area contributed by atoms with Crippen LogP contribution in [0.2, 0.25) is 0 Å². The number of para-hydroxylation sites is 1. The van der Waals surface area contributed by atoms with Gasteiger partial charge in [0, 0.05) is 22.3 Å². The number of aryl methyl sites for hydroxylation is 1. The second-order valence-electron chi connectivity index (χ2n) is 6.44. The molecule has 150 valence electrons. The third kappa shape index (κ3) is 4.68. The number of benzene rings is 3.